The second kappa shape index (κ2) is 3.96. The molecule has 0 amide bonds. The monoisotopic (exact) mass is 223 g/mol. The number of hydrogen-bond acceptors (Lipinski definition) is 1. The first kappa shape index (κ1) is 11.2. The molecule has 1 heterocycles. The van der Waals surface area contributed by atoms with Crippen LogP contribution in [0.1, 0.15) is 32.3 Å². The molecule has 0 radical (unpaired) electrons. The van der Waals surface area contributed by atoms with Crippen molar-refractivity contribution in [2.45, 2.75) is 26.7 Å². The Morgan fingerprint density at radius 3 is 2.62 bits per heavy atom. The zero-order valence-electron chi connectivity index (χ0n) is 9.56. The van der Waals surface area contributed by atoms with E-state index in [4.69, 9.17) is 0 Å². The van der Waals surface area contributed by atoms with E-state index in [9.17, 15) is 8.78 Å². The maximum absolute atomic E-state index is 13.7. The third-order valence-corrected chi connectivity index (χ3v) is 3.06. The average molecular weight is 223 g/mol. The molecule has 0 atom stereocenters. The molecular weight excluding hydrogens is 208 g/mol. The lowest BCUT2D eigenvalue weighted by atomic mass is 9.77. The fourth-order valence-electron chi connectivity index (χ4n) is 2.18. The van der Waals surface area contributed by atoms with Crippen LogP contribution in [0.25, 0.3) is 0 Å². The minimum atomic E-state index is -0.546. The summed E-state index contributed by atoms with van der Waals surface area (Å²) in [5, 5.41) is 0. The van der Waals surface area contributed by atoms with Crippen LogP contribution in [-0.2, 0) is 0 Å². The van der Waals surface area contributed by atoms with Crippen molar-refractivity contribution in [3.63, 3.8) is 0 Å². The van der Waals surface area contributed by atoms with Gasteiger partial charge < -0.3 is 0 Å². The number of nitrogens with zero attached hydrogens (tertiary/aromatic N) is 1. The van der Waals surface area contributed by atoms with E-state index >= 15 is 0 Å². The van der Waals surface area contributed by atoms with Crippen LogP contribution < -0.4 is 0 Å². The Morgan fingerprint density at radius 2 is 2.00 bits per heavy atom. The third kappa shape index (κ3) is 1.99. The predicted molar refractivity (Wildman–Crippen MR) is 60.8 cm³/mol. The van der Waals surface area contributed by atoms with Crippen molar-refractivity contribution in [3.05, 3.63) is 35.4 Å². The Bertz CT molecular complexity index is 436. The minimum Gasteiger partial charge on any atom is -0.288 e. The lowest BCUT2D eigenvalue weighted by molar-refractivity contribution is 0.438. The van der Waals surface area contributed by atoms with Crippen molar-refractivity contribution >= 4 is 5.71 Å². The number of benzene rings is 1. The molecule has 0 aliphatic carbocycles. The van der Waals surface area contributed by atoms with Crippen molar-refractivity contribution in [2.75, 3.05) is 6.54 Å². The molecule has 0 fully saturated rings. The Morgan fingerprint density at radius 1 is 1.25 bits per heavy atom. The molecule has 0 spiro atoms. The van der Waals surface area contributed by atoms with Gasteiger partial charge in [0.2, 0.25) is 0 Å². The lowest BCUT2D eigenvalue weighted by Gasteiger charge is -2.30. The van der Waals surface area contributed by atoms with E-state index < -0.39 is 11.6 Å². The Kier molecular flexibility index (Phi) is 2.78. The largest absolute Gasteiger partial charge is 0.288 e. The molecule has 1 aliphatic heterocycles. The summed E-state index contributed by atoms with van der Waals surface area (Å²) >= 11 is 0. The van der Waals surface area contributed by atoms with Gasteiger partial charge in [-0.05, 0) is 25.0 Å². The number of aliphatic imine (C=N–C) groups is 1. The summed E-state index contributed by atoms with van der Waals surface area (Å²) in [6.07, 6.45) is 2.02. The van der Waals surface area contributed by atoms with Crippen LogP contribution in [0.4, 0.5) is 8.78 Å². The first-order valence-electron chi connectivity index (χ1n) is 5.51. The van der Waals surface area contributed by atoms with E-state index in [0.29, 0.717) is 5.56 Å². The summed E-state index contributed by atoms with van der Waals surface area (Å²) in [7, 11) is 0. The quantitative estimate of drug-likeness (QED) is 0.690. The average Bonchev–Trinajstić information content (AvgIpc) is 2.19. The van der Waals surface area contributed by atoms with Crippen LogP contribution in [-0.4, -0.2) is 12.3 Å². The second-order valence-electron chi connectivity index (χ2n) is 4.84. The first-order valence-corrected chi connectivity index (χ1v) is 5.51. The molecule has 0 aromatic heterocycles. The van der Waals surface area contributed by atoms with Gasteiger partial charge in [-0.15, -0.1) is 0 Å². The van der Waals surface area contributed by atoms with Gasteiger partial charge in [0.25, 0.3) is 0 Å². The second-order valence-corrected chi connectivity index (χ2v) is 4.84. The zero-order valence-corrected chi connectivity index (χ0v) is 9.56. The van der Waals surface area contributed by atoms with Crippen molar-refractivity contribution in [1.29, 1.82) is 0 Å². The normalized spacial score (nSPS) is 19.4. The van der Waals surface area contributed by atoms with Crippen LogP contribution in [0.2, 0.25) is 0 Å². The summed E-state index contributed by atoms with van der Waals surface area (Å²) < 4.78 is 26.5. The van der Waals surface area contributed by atoms with E-state index in [2.05, 4.69) is 4.99 Å². The molecule has 0 saturated heterocycles. The van der Waals surface area contributed by atoms with E-state index in [0.717, 1.165) is 31.2 Å². The van der Waals surface area contributed by atoms with Gasteiger partial charge in [-0.2, -0.15) is 0 Å². The third-order valence-electron chi connectivity index (χ3n) is 3.06. The van der Waals surface area contributed by atoms with Crippen molar-refractivity contribution < 1.29 is 8.78 Å². The van der Waals surface area contributed by atoms with Gasteiger partial charge in [0.05, 0.1) is 5.71 Å². The first-order chi connectivity index (χ1) is 7.50. The molecule has 1 aromatic carbocycles. The molecule has 1 nitrogen and oxygen atoms in total. The molecule has 1 aliphatic rings. The molecule has 16 heavy (non-hydrogen) atoms. The molecule has 2 rings (SSSR count). The maximum atomic E-state index is 13.7. The fourth-order valence-corrected chi connectivity index (χ4v) is 2.18. The maximum Gasteiger partial charge on any atom is 0.135 e. The molecule has 86 valence electrons. The molecule has 3 heteroatoms. The SMILES string of the molecule is CC1(C)CCCN=C1c1ccc(F)cc1F. The van der Waals surface area contributed by atoms with Crippen molar-refractivity contribution in [2.24, 2.45) is 10.4 Å². The van der Waals surface area contributed by atoms with Crippen molar-refractivity contribution in [1.82, 2.24) is 0 Å². The summed E-state index contributed by atoms with van der Waals surface area (Å²) in [6.45, 7) is 4.83. The molecule has 0 saturated carbocycles. The van der Waals surface area contributed by atoms with Crippen LogP contribution >= 0.6 is 0 Å². The number of rotatable bonds is 1. The van der Waals surface area contributed by atoms with Gasteiger partial charge in [-0.25, -0.2) is 8.78 Å². The Hall–Kier alpha value is -1.25. The summed E-state index contributed by atoms with van der Waals surface area (Å²) in [5.41, 5.74) is 1.07. The molecular formula is C13H15F2N. The molecule has 0 unspecified atom stereocenters. The zero-order chi connectivity index (χ0) is 11.8. The summed E-state index contributed by atoms with van der Waals surface area (Å²) in [6, 6.07) is 3.69. The summed E-state index contributed by atoms with van der Waals surface area (Å²) in [4.78, 5) is 4.40. The highest BCUT2D eigenvalue weighted by Crippen LogP contribution is 2.32. The van der Waals surface area contributed by atoms with Gasteiger partial charge >= 0.3 is 0 Å². The minimum absolute atomic E-state index is 0.128. The highest BCUT2D eigenvalue weighted by atomic mass is 19.1. The lowest BCUT2D eigenvalue weighted by Crippen LogP contribution is -2.30. The fraction of sp³-hybridized carbons (Fsp3) is 0.462. The predicted octanol–water partition coefficient (Wildman–Crippen LogP) is 3.57. The van der Waals surface area contributed by atoms with E-state index in [1.54, 1.807) is 0 Å². The van der Waals surface area contributed by atoms with Crippen LogP contribution in [0.15, 0.2) is 23.2 Å². The Balaban J connectivity index is 2.47. The summed E-state index contributed by atoms with van der Waals surface area (Å²) in [5.74, 6) is -1.07. The van der Waals surface area contributed by atoms with Gasteiger partial charge in [0, 0.05) is 23.6 Å². The Labute approximate surface area is 94.2 Å². The highest BCUT2D eigenvalue weighted by molar-refractivity contribution is 6.04. The van der Waals surface area contributed by atoms with E-state index in [1.165, 1.54) is 12.1 Å². The van der Waals surface area contributed by atoms with Gasteiger partial charge in [0.15, 0.2) is 0 Å². The number of halogens is 2. The molecule has 0 bridgehead atoms. The topological polar surface area (TPSA) is 12.4 Å². The smallest absolute Gasteiger partial charge is 0.135 e. The van der Waals surface area contributed by atoms with Gasteiger partial charge in [0.1, 0.15) is 11.6 Å². The highest BCUT2D eigenvalue weighted by Gasteiger charge is 2.30. The molecule has 0 N–H and O–H groups in total. The van der Waals surface area contributed by atoms with Gasteiger partial charge in [-0.1, -0.05) is 13.8 Å². The number of hydrogen-bond donors (Lipinski definition) is 0. The van der Waals surface area contributed by atoms with Crippen LogP contribution in [0.3, 0.4) is 0 Å². The van der Waals surface area contributed by atoms with E-state index in [1.807, 2.05) is 13.8 Å². The van der Waals surface area contributed by atoms with Crippen molar-refractivity contribution in [3.8, 4) is 0 Å². The van der Waals surface area contributed by atoms with E-state index in [-0.39, 0.29) is 5.41 Å². The standard InChI is InChI=1S/C13H15F2N/c1-13(2)6-3-7-16-12(13)10-5-4-9(14)8-11(10)15/h4-5,8H,3,6-7H2,1-2H3. The molecule has 1 aromatic rings. The van der Waals surface area contributed by atoms with Crippen LogP contribution in [0, 0.1) is 17.0 Å². The van der Waals surface area contributed by atoms with Crippen LogP contribution in [0.5, 0.6) is 0 Å². The van der Waals surface area contributed by atoms with Gasteiger partial charge in [-0.3, -0.25) is 4.99 Å².